The highest BCUT2D eigenvalue weighted by Crippen LogP contribution is 2.48. The van der Waals surface area contributed by atoms with Crippen LogP contribution in [-0.2, 0) is 0 Å². The molecule has 0 radical (unpaired) electrons. The van der Waals surface area contributed by atoms with Gasteiger partial charge < -0.3 is 9.30 Å². The van der Waals surface area contributed by atoms with Gasteiger partial charge in [-0.1, -0.05) is 127 Å². The third kappa shape index (κ3) is 3.65. The van der Waals surface area contributed by atoms with E-state index in [1.165, 1.54) is 6.07 Å². The average molecular weight is 596 g/mol. The molecule has 0 N–H and O–H groups in total. The molecule has 8 aromatic carbocycles. The van der Waals surface area contributed by atoms with Crippen LogP contribution in [0.4, 0.5) is 0 Å². The summed E-state index contributed by atoms with van der Waals surface area (Å²) in [4.78, 5) is 0. The Labute approximate surface area is 280 Å². The lowest BCUT2D eigenvalue weighted by Crippen LogP contribution is -1.97. The first kappa shape index (κ1) is 17.4. The van der Waals surface area contributed by atoms with E-state index in [4.69, 9.17) is 13.0 Å². The predicted octanol–water partition coefficient (Wildman–Crippen LogP) is 12.2. The summed E-state index contributed by atoms with van der Waals surface area (Å²) in [5.74, 6) is 0.113. The van der Waals surface area contributed by atoms with Gasteiger partial charge in [0.2, 0.25) is 0 Å². The van der Waals surface area contributed by atoms with Crippen LogP contribution in [0.3, 0.4) is 0 Å². The minimum atomic E-state index is -0.457. The van der Waals surface area contributed by atoms with E-state index in [1.54, 1.807) is 12.1 Å². The molecule has 1 aliphatic heterocycles. The van der Waals surface area contributed by atoms with E-state index < -0.39 is 24.2 Å². The maximum atomic E-state index is 9.42. The second kappa shape index (κ2) is 9.69. The molecule has 1 aliphatic rings. The molecule has 214 valence electrons. The fourth-order valence-corrected chi connectivity index (χ4v) is 6.77. The molecule has 0 bridgehead atoms. The van der Waals surface area contributed by atoms with Crippen LogP contribution in [0.25, 0.3) is 82.4 Å². The maximum absolute atomic E-state index is 9.42. The Morgan fingerprint density at radius 3 is 2.17 bits per heavy atom. The number of hydrogen-bond acceptors (Lipinski definition) is 1. The van der Waals surface area contributed by atoms with Gasteiger partial charge in [0.25, 0.3) is 0 Å². The number of benzene rings is 8. The molecule has 46 heavy (non-hydrogen) atoms. The molecule has 2 heterocycles. The highest BCUT2D eigenvalue weighted by molar-refractivity contribution is 6.22. The van der Waals surface area contributed by atoms with E-state index in [2.05, 4.69) is 22.8 Å². The molecule has 10 rings (SSSR count). The molecule has 0 amide bonds. The van der Waals surface area contributed by atoms with Crippen molar-refractivity contribution in [2.24, 2.45) is 0 Å². The fourth-order valence-electron chi connectivity index (χ4n) is 6.77. The van der Waals surface area contributed by atoms with Gasteiger partial charge in [-0.3, -0.25) is 0 Å². The van der Waals surface area contributed by atoms with Gasteiger partial charge in [-0.25, -0.2) is 0 Å². The second-order valence-corrected chi connectivity index (χ2v) is 11.3. The number of ether oxygens (including phenoxy) is 1. The number of aromatic nitrogens is 1. The maximum Gasteiger partial charge on any atom is 0.135 e. The predicted molar refractivity (Wildman–Crippen MR) is 192 cm³/mol. The lowest BCUT2D eigenvalue weighted by Gasteiger charge is -2.22. The van der Waals surface area contributed by atoms with Gasteiger partial charge in [0.05, 0.1) is 24.7 Å². The highest BCUT2D eigenvalue weighted by Gasteiger charge is 2.21. The van der Waals surface area contributed by atoms with E-state index in [9.17, 15) is 5.48 Å². The largest absolute Gasteiger partial charge is 0.456 e. The first-order valence-corrected chi connectivity index (χ1v) is 15.0. The Morgan fingerprint density at radius 1 is 0.478 bits per heavy atom. The van der Waals surface area contributed by atoms with Crippen molar-refractivity contribution >= 4 is 43.4 Å². The summed E-state index contributed by atoms with van der Waals surface area (Å²) in [6.45, 7) is 0. The number of para-hydroxylation sites is 1. The van der Waals surface area contributed by atoms with Gasteiger partial charge in [0, 0.05) is 32.8 Å². The van der Waals surface area contributed by atoms with Gasteiger partial charge >= 0.3 is 0 Å². The van der Waals surface area contributed by atoms with E-state index in [0.717, 1.165) is 38.3 Å². The SMILES string of the molecule is [2H]c1c([2H])c(-c2cccc3c2c2ccc4ccccc4c2n3-c2ccccc2)c([2H])c([2H])c1-c1ccc2c(c1)-c1c([2H])c([2H])c([2H])c3c([2H])c([2H])c([2H])c(c13)O2. The molecule has 0 saturated carbocycles. The van der Waals surface area contributed by atoms with Crippen LogP contribution in [0.2, 0.25) is 0 Å². The summed E-state index contributed by atoms with van der Waals surface area (Å²) in [6, 6.07) is 29.2. The summed E-state index contributed by atoms with van der Waals surface area (Å²) in [5.41, 5.74) is 4.21. The van der Waals surface area contributed by atoms with Crippen molar-refractivity contribution in [2.75, 3.05) is 0 Å². The number of nitrogens with zero attached hydrogens (tertiary/aromatic N) is 1. The van der Waals surface area contributed by atoms with Crippen LogP contribution in [0, 0.1) is 0 Å². The van der Waals surface area contributed by atoms with E-state index in [0.29, 0.717) is 11.1 Å². The van der Waals surface area contributed by atoms with Crippen LogP contribution < -0.4 is 4.74 Å². The zero-order valence-corrected chi connectivity index (χ0v) is 24.2. The van der Waals surface area contributed by atoms with E-state index >= 15 is 0 Å². The molecule has 9 aromatic rings. The summed E-state index contributed by atoms with van der Waals surface area (Å²) < 4.78 is 97.2. The van der Waals surface area contributed by atoms with Crippen LogP contribution in [0.5, 0.6) is 11.5 Å². The Kier molecular flexibility index (Phi) is 3.66. The van der Waals surface area contributed by atoms with Crippen molar-refractivity contribution in [3.8, 4) is 50.6 Å². The summed E-state index contributed by atoms with van der Waals surface area (Å²) >= 11 is 0. The third-order valence-corrected chi connectivity index (χ3v) is 8.80. The summed E-state index contributed by atoms with van der Waals surface area (Å²) in [5, 5.41) is 3.83. The van der Waals surface area contributed by atoms with Crippen molar-refractivity contribution < 1.29 is 18.4 Å². The van der Waals surface area contributed by atoms with Gasteiger partial charge in [0.15, 0.2) is 0 Å². The van der Waals surface area contributed by atoms with Crippen molar-refractivity contribution in [1.82, 2.24) is 4.57 Å². The number of fused-ring (bicyclic) bond motifs is 7. The number of rotatable bonds is 3. The molecular formula is C44H27NO. The quantitative estimate of drug-likeness (QED) is 0.198. The van der Waals surface area contributed by atoms with E-state index in [1.807, 2.05) is 66.7 Å². The molecule has 0 aliphatic carbocycles. The van der Waals surface area contributed by atoms with Crippen molar-refractivity contribution in [3.05, 3.63) is 164 Å². The number of hydrogen-bond donors (Lipinski definition) is 0. The Morgan fingerprint density at radius 2 is 1.28 bits per heavy atom. The Hall–Kier alpha value is -6.12. The summed E-state index contributed by atoms with van der Waals surface area (Å²) in [6.07, 6.45) is 0. The van der Waals surface area contributed by atoms with Crippen LogP contribution in [-0.4, -0.2) is 4.57 Å². The van der Waals surface area contributed by atoms with Gasteiger partial charge in [-0.15, -0.1) is 0 Å². The fraction of sp³-hybridized carbons (Fsp3) is 0. The van der Waals surface area contributed by atoms with Crippen molar-refractivity contribution in [3.63, 3.8) is 0 Å². The van der Waals surface area contributed by atoms with Crippen molar-refractivity contribution in [1.29, 1.82) is 0 Å². The van der Waals surface area contributed by atoms with E-state index in [-0.39, 0.29) is 80.8 Å². The molecule has 0 saturated heterocycles. The molecule has 0 atom stereocenters. The standard InChI is InChI=1S/C44H27NO/c1-2-12-33(13-3-1)45-39-17-8-15-34(43(39)37-25-23-29-9-4-5-14-35(29)44(37)45)30-21-19-28(20-22-30)32-24-26-40-38(27-32)36-16-6-10-31-11-7-18-41(46-40)42(31)36/h1-27H/i6D,7D,10D,11D,16D,18D,19D,20D,21D,22D. The minimum Gasteiger partial charge on any atom is -0.456 e. The van der Waals surface area contributed by atoms with Crippen LogP contribution in [0.15, 0.2) is 164 Å². The first-order chi connectivity index (χ1) is 27.0. The molecule has 1 aromatic heterocycles. The van der Waals surface area contributed by atoms with Gasteiger partial charge in [-0.2, -0.15) is 0 Å². The monoisotopic (exact) mass is 595 g/mol. The molecule has 0 unspecified atom stereocenters. The molecular weight excluding hydrogens is 558 g/mol. The lowest BCUT2D eigenvalue weighted by molar-refractivity contribution is 0.487. The molecule has 0 spiro atoms. The average Bonchev–Trinajstić information content (AvgIpc) is 3.56. The second-order valence-electron chi connectivity index (χ2n) is 11.3. The normalized spacial score (nSPS) is 15.1. The van der Waals surface area contributed by atoms with Gasteiger partial charge in [0.1, 0.15) is 11.5 Å². The van der Waals surface area contributed by atoms with Gasteiger partial charge in [-0.05, 0) is 75.0 Å². The zero-order chi connectivity index (χ0) is 38.9. The first-order valence-electron chi connectivity index (χ1n) is 20.0. The highest BCUT2D eigenvalue weighted by atomic mass is 16.5. The van der Waals surface area contributed by atoms with Crippen LogP contribution in [0.1, 0.15) is 13.7 Å². The zero-order valence-electron chi connectivity index (χ0n) is 34.2. The van der Waals surface area contributed by atoms with Crippen LogP contribution >= 0.6 is 0 Å². The lowest BCUT2D eigenvalue weighted by atomic mass is 9.91. The smallest absolute Gasteiger partial charge is 0.135 e. The molecule has 0 fully saturated rings. The minimum absolute atomic E-state index is 0.0251. The molecule has 2 heteroatoms. The summed E-state index contributed by atoms with van der Waals surface area (Å²) in [7, 11) is 0. The molecule has 2 nitrogen and oxygen atoms in total. The topological polar surface area (TPSA) is 14.2 Å². The Bertz CT molecular complexity index is 3190. The van der Waals surface area contributed by atoms with Crippen molar-refractivity contribution in [2.45, 2.75) is 0 Å². The Balaban J connectivity index is 1.22. The third-order valence-electron chi connectivity index (χ3n) is 8.80.